The van der Waals surface area contributed by atoms with Crippen molar-refractivity contribution in [2.24, 2.45) is 0 Å². The van der Waals surface area contributed by atoms with Gasteiger partial charge in [0.05, 0.1) is 5.69 Å². The minimum absolute atomic E-state index is 0.0947. The number of likely N-dealkylation sites (N-methyl/N-ethyl adjacent to an activating group) is 1. The fourth-order valence-corrected chi connectivity index (χ4v) is 3.51. The lowest BCUT2D eigenvalue weighted by Crippen LogP contribution is -2.31. The summed E-state index contributed by atoms with van der Waals surface area (Å²) in [6.45, 7) is 2.34. The van der Waals surface area contributed by atoms with Gasteiger partial charge in [0, 0.05) is 26.6 Å². The summed E-state index contributed by atoms with van der Waals surface area (Å²) in [5.74, 6) is 0.495. The monoisotopic (exact) mass is 445 g/mol. The molecule has 3 rings (SSSR count). The summed E-state index contributed by atoms with van der Waals surface area (Å²) in [5.41, 5.74) is 3.92. The Kier molecular flexibility index (Phi) is 8.47. The van der Waals surface area contributed by atoms with Gasteiger partial charge in [0.15, 0.2) is 6.61 Å². The molecule has 0 unspecified atom stereocenters. The largest absolute Gasteiger partial charge is 0.482 e. The zero-order valence-corrected chi connectivity index (χ0v) is 19.4. The fraction of sp³-hybridized carbons (Fsp3) is 0.259. The minimum Gasteiger partial charge on any atom is -0.482 e. The number of anilines is 1. The Bertz CT molecular complexity index is 1010. The van der Waals surface area contributed by atoms with Crippen molar-refractivity contribution in [2.45, 2.75) is 19.3 Å². The molecule has 0 aliphatic heterocycles. The van der Waals surface area contributed by atoms with Crippen LogP contribution >= 0.6 is 0 Å². The van der Waals surface area contributed by atoms with E-state index in [2.05, 4.69) is 34.9 Å². The van der Waals surface area contributed by atoms with E-state index in [-0.39, 0.29) is 24.5 Å². The Labute approximate surface area is 195 Å². The third-order valence-electron chi connectivity index (χ3n) is 5.36. The summed E-state index contributed by atoms with van der Waals surface area (Å²) in [7, 11) is 3.35. The predicted octanol–water partition coefficient (Wildman–Crippen LogP) is 4.81. The zero-order valence-electron chi connectivity index (χ0n) is 19.4. The van der Waals surface area contributed by atoms with Crippen molar-refractivity contribution in [1.82, 2.24) is 10.2 Å². The third kappa shape index (κ3) is 7.10. The van der Waals surface area contributed by atoms with Crippen LogP contribution in [0.15, 0.2) is 78.9 Å². The molecule has 3 aromatic rings. The number of carbonyl (C=O) groups is 2. The summed E-state index contributed by atoms with van der Waals surface area (Å²) >= 11 is 0. The van der Waals surface area contributed by atoms with Crippen molar-refractivity contribution in [3.63, 3.8) is 0 Å². The third-order valence-corrected chi connectivity index (χ3v) is 5.36. The average molecular weight is 446 g/mol. The van der Waals surface area contributed by atoms with Gasteiger partial charge in [-0.2, -0.15) is 0 Å². The first-order valence-corrected chi connectivity index (χ1v) is 11.0. The van der Waals surface area contributed by atoms with Crippen LogP contribution in [-0.4, -0.2) is 44.1 Å². The van der Waals surface area contributed by atoms with Crippen LogP contribution in [0.3, 0.4) is 0 Å². The number of hydrogen-bond acceptors (Lipinski definition) is 3. The second kappa shape index (κ2) is 11.7. The summed E-state index contributed by atoms with van der Waals surface area (Å²) in [4.78, 5) is 25.9. The van der Waals surface area contributed by atoms with Gasteiger partial charge in [0.1, 0.15) is 5.75 Å². The van der Waals surface area contributed by atoms with Crippen molar-refractivity contribution < 1.29 is 14.3 Å². The summed E-state index contributed by atoms with van der Waals surface area (Å²) in [5, 5.41) is 5.79. The molecule has 0 atom stereocenters. The molecule has 6 heteroatoms. The van der Waals surface area contributed by atoms with Crippen LogP contribution in [0.25, 0.3) is 0 Å². The number of ether oxygens (including phenoxy) is 1. The van der Waals surface area contributed by atoms with Crippen LogP contribution < -0.4 is 15.4 Å². The van der Waals surface area contributed by atoms with E-state index in [9.17, 15) is 9.59 Å². The number of nitrogens with one attached hydrogen (secondary N) is 2. The Morgan fingerprint density at radius 3 is 2.09 bits per heavy atom. The van der Waals surface area contributed by atoms with Crippen LogP contribution in [0.1, 0.15) is 29.0 Å². The van der Waals surface area contributed by atoms with E-state index in [1.54, 1.807) is 26.2 Å². The lowest BCUT2D eigenvalue weighted by Gasteiger charge is -2.19. The number of carbonyl (C=O) groups excluding carboxylic acids is 2. The number of aryl methyl sites for hydroxylation is 1. The fourth-order valence-electron chi connectivity index (χ4n) is 3.51. The SMILES string of the molecule is Cc1ccc(NC(=O)NCCC(c2ccccc2)c2ccccc2)c(OCC(=O)N(C)C)c1. The molecular weight excluding hydrogens is 414 g/mol. The van der Waals surface area contributed by atoms with Crippen molar-refractivity contribution in [1.29, 1.82) is 0 Å². The van der Waals surface area contributed by atoms with E-state index in [0.717, 1.165) is 12.0 Å². The number of amides is 3. The Balaban J connectivity index is 1.61. The highest BCUT2D eigenvalue weighted by atomic mass is 16.5. The van der Waals surface area contributed by atoms with Crippen LogP contribution in [0.4, 0.5) is 10.5 Å². The van der Waals surface area contributed by atoms with E-state index in [4.69, 9.17) is 4.74 Å². The van der Waals surface area contributed by atoms with Crippen molar-refractivity contribution in [3.05, 3.63) is 95.6 Å². The van der Waals surface area contributed by atoms with Gasteiger partial charge in [-0.15, -0.1) is 0 Å². The maximum atomic E-state index is 12.6. The highest BCUT2D eigenvalue weighted by Gasteiger charge is 2.15. The Morgan fingerprint density at radius 1 is 0.909 bits per heavy atom. The topological polar surface area (TPSA) is 70.7 Å². The molecule has 3 aromatic carbocycles. The van der Waals surface area contributed by atoms with Crippen LogP contribution in [-0.2, 0) is 4.79 Å². The highest BCUT2D eigenvalue weighted by Crippen LogP contribution is 2.28. The van der Waals surface area contributed by atoms with Crippen LogP contribution in [0.2, 0.25) is 0 Å². The number of hydrogen-bond donors (Lipinski definition) is 2. The van der Waals surface area contributed by atoms with Crippen LogP contribution in [0.5, 0.6) is 5.75 Å². The molecule has 0 fully saturated rings. The minimum atomic E-state index is -0.317. The van der Waals surface area contributed by atoms with Crippen molar-refractivity contribution in [3.8, 4) is 5.75 Å². The van der Waals surface area contributed by atoms with Gasteiger partial charge >= 0.3 is 6.03 Å². The molecule has 172 valence electrons. The highest BCUT2D eigenvalue weighted by molar-refractivity contribution is 5.91. The zero-order chi connectivity index (χ0) is 23.6. The standard InChI is InChI=1S/C27H31N3O3/c1-20-14-15-24(25(18-20)33-19-26(31)30(2)3)29-27(32)28-17-16-23(21-10-6-4-7-11-21)22-12-8-5-9-13-22/h4-15,18,23H,16-17,19H2,1-3H3,(H2,28,29,32). The molecule has 2 N–H and O–H groups in total. The van der Waals surface area contributed by atoms with Gasteiger partial charge in [-0.1, -0.05) is 66.7 Å². The summed E-state index contributed by atoms with van der Waals surface area (Å²) in [6.07, 6.45) is 0.760. The maximum absolute atomic E-state index is 12.6. The Morgan fingerprint density at radius 2 is 1.52 bits per heavy atom. The normalized spacial score (nSPS) is 10.5. The molecule has 0 spiro atoms. The summed E-state index contributed by atoms with van der Waals surface area (Å²) < 4.78 is 5.67. The Hall–Kier alpha value is -3.80. The number of nitrogens with zero attached hydrogens (tertiary/aromatic N) is 1. The second-order valence-electron chi connectivity index (χ2n) is 8.12. The lowest BCUT2D eigenvalue weighted by molar-refractivity contribution is -0.130. The molecule has 6 nitrogen and oxygen atoms in total. The first kappa shape index (κ1) is 23.9. The van der Waals surface area contributed by atoms with Crippen molar-refractivity contribution >= 4 is 17.6 Å². The molecule has 0 bridgehead atoms. The van der Waals surface area contributed by atoms with Gasteiger partial charge in [-0.05, 0) is 42.2 Å². The van der Waals surface area contributed by atoms with E-state index in [0.29, 0.717) is 18.0 Å². The average Bonchev–Trinajstić information content (AvgIpc) is 2.82. The van der Waals surface area contributed by atoms with Gasteiger partial charge < -0.3 is 20.3 Å². The molecule has 0 aromatic heterocycles. The molecule has 0 aliphatic rings. The molecule has 3 amide bonds. The number of urea groups is 1. The molecule has 0 radical (unpaired) electrons. The molecule has 33 heavy (non-hydrogen) atoms. The molecule has 0 saturated heterocycles. The van der Waals surface area contributed by atoms with E-state index < -0.39 is 0 Å². The van der Waals surface area contributed by atoms with Gasteiger partial charge in [-0.25, -0.2) is 4.79 Å². The van der Waals surface area contributed by atoms with Gasteiger partial charge in [-0.3, -0.25) is 4.79 Å². The molecule has 0 aliphatic carbocycles. The van der Waals surface area contributed by atoms with Crippen molar-refractivity contribution in [2.75, 3.05) is 32.6 Å². The van der Waals surface area contributed by atoms with E-state index in [1.807, 2.05) is 49.4 Å². The van der Waals surface area contributed by atoms with Gasteiger partial charge in [0.25, 0.3) is 5.91 Å². The smallest absolute Gasteiger partial charge is 0.319 e. The quantitative estimate of drug-likeness (QED) is 0.497. The first-order chi connectivity index (χ1) is 15.9. The first-order valence-electron chi connectivity index (χ1n) is 11.0. The summed E-state index contributed by atoms with van der Waals surface area (Å²) in [6, 6.07) is 25.7. The molecular formula is C27H31N3O3. The van der Waals surface area contributed by atoms with E-state index >= 15 is 0 Å². The van der Waals surface area contributed by atoms with Gasteiger partial charge in [0.2, 0.25) is 0 Å². The van der Waals surface area contributed by atoms with Crippen LogP contribution in [0, 0.1) is 6.92 Å². The second-order valence-corrected chi connectivity index (χ2v) is 8.12. The molecule has 0 saturated carbocycles. The number of benzene rings is 3. The molecule has 0 heterocycles. The number of rotatable bonds is 9. The predicted molar refractivity (Wildman–Crippen MR) is 132 cm³/mol. The van der Waals surface area contributed by atoms with E-state index in [1.165, 1.54) is 16.0 Å². The lowest BCUT2D eigenvalue weighted by atomic mass is 9.88. The maximum Gasteiger partial charge on any atom is 0.319 e.